The zero-order chi connectivity index (χ0) is 16.0. The molecule has 0 atom stereocenters. The Hall–Kier alpha value is -1.52. The average molecular weight is 330 g/mol. The molecule has 1 aromatic rings. The molecule has 114 valence electrons. The van der Waals surface area contributed by atoms with Crippen LogP contribution in [-0.4, -0.2) is 36.5 Å². The second kappa shape index (κ2) is 8.05. The fourth-order valence-corrected chi connectivity index (χ4v) is 2.14. The van der Waals surface area contributed by atoms with Crippen LogP contribution in [0, 0.1) is 0 Å². The topological polar surface area (TPSA) is 46.6 Å². The molecule has 0 saturated heterocycles. The van der Waals surface area contributed by atoms with E-state index in [-0.39, 0.29) is 23.1 Å². The van der Waals surface area contributed by atoms with Gasteiger partial charge < -0.3 is 9.64 Å². The summed E-state index contributed by atoms with van der Waals surface area (Å²) in [6.07, 6.45) is 0. The van der Waals surface area contributed by atoms with Crippen molar-refractivity contribution in [2.45, 2.75) is 13.8 Å². The van der Waals surface area contributed by atoms with E-state index in [2.05, 4.69) is 6.58 Å². The fourth-order valence-electron chi connectivity index (χ4n) is 1.65. The first kappa shape index (κ1) is 17.5. The summed E-state index contributed by atoms with van der Waals surface area (Å²) in [7, 11) is 0. The predicted molar refractivity (Wildman–Crippen MR) is 83.8 cm³/mol. The van der Waals surface area contributed by atoms with E-state index in [1.165, 1.54) is 18.2 Å². The van der Waals surface area contributed by atoms with Crippen molar-refractivity contribution >= 4 is 35.1 Å². The van der Waals surface area contributed by atoms with Gasteiger partial charge in [0.05, 0.1) is 10.6 Å². The minimum Gasteiger partial charge on any atom is -0.452 e. The van der Waals surface area contributed by atoms with Crippen LogP contribution in [0.5, 0.6) is 0 Å². The lowest BCUT2D eigenvalue weighted by atomic mass is 10.2. The molecule has 0 radical (unpaired) electrons. The number of carbonyl (C=O) groups is 2. The molecular weight excluding hydrogens is 313 g/mol. The molecule has 4 nitrogen and oxygen atoms in total. The molecule has 0 unspecified atom stereocenters. The number of hydrogen-bond acceptors (Lipinski definition) is 3. The van der Waals surface area contributed by atoms with Gasteiger partial charge in [-0.25, -0.2) is 4.79 Å². The van der Waals surface area contributed by atoms with Crippen LogP contribution >= 0.6 is 23.2 Å². The fraction of sp³-hybridized carbons (Fsp3) is 0.333. The maximum absolute atomic E-state index is 11.9. The Balaban J connectivity index is 2.63. The maximum Gasteiger partial charge on any atom is 0.340 e. The summed E-state index contributed by atoms with van der Waals surface area (Å²) in [6.45, 7) is 8.05. The number of ether oxygens (including phenoxy) is 1. The Morgan fingerprint density at radius 3 is 2.52 bits per heavy atom. The number of amides is 1. The van der Waals surface area contributed by atoms with E-state index in [9.17, 15) is 9.59 Å². The molecule has 0 bridgehead atoms. The van der Waals surface area contributed by atoms with Crippen molar-refractivity contribution in [3.63, 3.8) is 0 Å². The number of hydrogen-bond donors (Lipinski definition) is 0. The smallest absolute Gasteiger partial charge is 0.340 e. The van der Waals surface area contributed by atoms with Gasteiger partial charge in [0, 0.05) is 18.1 Å². The lowest BCUT2D eigenvalue weighted by molar-refractivity contribution is -0.133. The molecule has 0 N–H and O–H groups in total. The Labute approximate surface area is 134 Å². The number of halogens is 2. The molecule has 0 heterocycles. The zero-order valence-electron chi connectivity index (χ0n) is 12.0. The highest BCUT2D eigenvalue weighted by molar-refractivity contribution is 6.36. The molecule has 0 spiro atoms. The first-order valence-corrected chi connectivity index (χ1v) is 7.15. The van der Waals surface area contributed by atoms with E-state index in [1.807, 2.05) is 13.8 Å². The summed E-state index contributed by atoms with van der Waals surface area (Å²) in [5.41, 5.74) is 1.04. The zero-order valence-corrected chi connectivity index (χ0v) is 13.5. The van der Waals surface area contributed by atoms with Gasteiger partial charge in [0.15, 0.2) is 6.61 Å². The van der Waals surface area contributed by atoms with Crippen molar-refractivity contribution in [3.8, 4) is 0 Å². The third-order valence-corrected chi connectivity index (χ3v) is 3.22. The van der Waals surface area contributed by atoms with E-state index >= 15 is 0 Å². The molecule has 21 heavy (non-hydrogen) atoms. The van der Waals surface area contributed by atoms with Crippen LogP contribution in [0.2, 0.25) is 10.0 Å². The molecule has 0 aliphatic heterocycles. The largest absolute Gasteiger partial charge is 0.452 e. The number of nitrogens with zero attached hydrogens (tertiary/aromatic N) is 1. The lowest BCUT2D eigenvalue weighted by Crippen LogP contribution is -2.35. The van der Waals surface area contributed by atoms with Gasteiger partial charge in [-0.2, -0.15) is 0 Å². The van der Waals surface area contributed by atoms with Gasteiger partial charge in [-0.15, -0.1) is 0 Å². The highest BCUT2D eigenvalue weighted by Crippen LogP contribution is 2.21. The van der Waals surface area contributed by atoms with E-state index in [0.29, 0.717) is 18.1 Å². The number of benzene rings is 1. The molecule has 0 aliphatic carbocycles. The number of esters is 1. The van der Waals surface area contributed by atoms with Crippen LogP contribution in [0.3, 0.4) is 0 Å². The van der Waals surface area contributed by atoms with Gasteiger partial charge in [0.25, 0.3) is 5.91 Å². The summed E-state index contributed by atoms with van der Waals surface area (Å²) >= 11 is 11.7. The van der Waals surface area contributed by atoms with Crippen molar-refractivity contribution in [2.24, 2.45) is 0 Å². The highest BCUT2D eigenvalue weighted by atomic mass is 35.5. The monoisotopic (exact) mass is 329 g/mol. The Morgan fingerprint density at radius 1 is 1.33 bits per heavy atom. The van der Waals surface area contributed by atoms with Crippen molar-refractivity contribution in [1.82, 2.24) is 4.90 Å². The molecule has 0 fully saturated rings. The molecule has 1 rings (SSSR count). The molecule has 1 amide bonds. The van der Waals surface area contributed by atoms with Gasteiger partial charge in [-0.1, -0.05) is 35.4 Å². The minimum absolute atomic E-state index is 0.178. The van der Waals surface area contributed by atoms with Crippen LogP contribution in [-0.2, 0) is 9.53 Å². The predicted octanol–water partition coefficient (Wildman–Crippen LogP) is 3.57. The molecule has 6 heteroatoms. The van der Waals surface area contributed by atoms with Gasteiger partial charge in [-0.05, 0) is 32.0 Å². The Kier molecular flexibility index (Phi) is 6.72. The molecular formula is C15H17Cl2NO3. The summed E-state index contributed by atoms with van der Waals surface area (Å²) < 4.78 is 4.99. The Bertz CT molecular complexity index is 558. The minimum atomic E-state index is -0.656. The first-order chi connectivity index (χ1) is 9.85. The maximum atomic E-state index is 11.9. The Morgan fingerprint density at radius 2 is 2.00 bits per heavy atom. The van der Waals surface area contributed by atoms with Gasteiger partial charge in [0.2, 0.25) is 0 Å². The van der Waals surface area contributed by atoms with E-state index in [0.717, 1.165) is 5.57 Å². The SMILES string of the molecule is C=C(C)CN(CC)C(=O)COC(=O)c1ccc(Cl)cc1Cl. The summed E-state index contributed by atoms with van der Waals surface area (Å²) in [5.74, 6) is -0.935. The average Bonchev–Trinajstić information content (AvgIpc) is 2.41. The van der Waals surface area contributed by atoms with Crippen LogP contribution in [0.4, 0.5) is 0 Å². The van der Waals surface area contributed by atoms with Gasteiger partial charge in [0.1, 0.15) is 0 Å². The lowest BCUT2D eigenvalue weighted by Gasteiger charge is -2.20. The third kappa shape index (κ3) is 5.40. The highest BCUT2D eigenvalue weighted by Gasteiger charge is 2.17. The number of rotatable bonds is 6. The molecule has 0 aromatic heterocycles. The van der Waals surface area contributed by atoms with Crippen molar-refractivity contribution < 1.29 is 14.3 Å². The second-order valence-electron chi connectivity index (χ2n) is 4.57. The van der Waals surface area contributed by atoms with Crippen LogP contribution in [0.15, 0.2) is 30.4 Å². The van der Waals surface area contributed by atoms with Crippen LogP contribution in [0.1, 0.15) is 24.2 Å². The summed E-state index contributed by atoms with van der Waals surface area (Å²) in [4.78, 5) is 25.4. The molecule has 0 aliphatic rings. The van der Waals surface area contributed by atoms with E-state index < -0.39 is 5.97 Å². The third-order valence-electron chi connectivity index (χ3n) is 2.67. The van der Waals surface area contributed by atoms with Crippen LogP contribution in [0.25, 0.3) is 0 Å². The molecule has 0 saturated carbocycles. The van der Waals surface area contributed by atoms with Crippen molar-refractivity contribution in [2.75, 3.05) is 19.7 Å². The van der Waals surface area contributed by atoms with Crippen LogP contribution < -0.4 is 0 Å². The van der Waals surface area contributed by atoms with Gasteiger partial charge in [-0.3, -0.25) is 4.79 Å². The van der Waals surface area contributed by atoms with E-state index in [4.69, 9.17) is 27.9 Å². The summed E-state index contributed by atoms with van der Waals surface area (Å²) in [5, 5.41) is 0.612. The number of carbonyl (C=O) groups excluding carboxylic acids is 2. The quantitative estimate of drug-likeness (QED) is 0.592. The van der Waals surface area contributed by atoms with Gasteiger partial charge >= 0.3 is 5.97 Å². The summed E-state index contributed by atoms with van der Waals surface area (Å²) in [6, 6.07) is 4.44. The first-order valence-electron chi connectivity index (χ1n) is 6.39. The standard InChI is InChI=1S/C15H17Cl2NO3/c1-4-18(8-10(2)3)14(19)9-21-15(20)12-6-5-11(16)7-13(12)17/h5-7H,2,4,8-9H2,1,3H3. The van der Waals surface area contributed by atoms with Crippen molar-refractivity contribution in [1.29, 1.82) is 0 Å². The molecule has 1 aromatic carbocycles. The number of likely N-dealkylation sites (N-methyl/N-ethyl adjacent to an activating group) is 1. The van der Waals surface area contributed by atoms with Crippen molar-refractivity contribution in [3.05, 3.63) is 46.0 Å². The second-order valence-corrected chi connectivity index (χ2v) is 5.41. The normalized spacial score (nSPS) is 10.1. The van der Waals surface area contributed by atoms with E-state index in [1.54, 1.807) is 4.90 Å².